The van der Waals surface area contributed by atoms with E-state index in [1.54, 1.807) is 0 Å². The molecule has 0 bridgehead atoms. The number of hydrogen-bond acceptors (Lipinski definition) is 1. The monoisotopic (exact) mass is 793 g/mol. The van der Waals surface area contributed by atoms with Crippen LogP contribution in [0.2, 0.25) is 0 Å². The molecule has 0 atom stereocenters. The van der Waals surface area contributed by atoms with Gasteiger partial charge >= 0.3 is 0 Å². The van der Waals surface area contributed by atoms with Gasteiger partial charge in [-0.25, -0.2) is 0 Å². The van der Waals surface area contributed by atoms with Crippen LogP contribution in [0, 0.1) is 0 Å². The van der Waals surface area contributed by atoms with Gasteiger partial charge in [0, 0.05) is 17.9 Å². The molecule has 0 aliphatic rings. The lowest BCUT2D eigenvalue weighted by molar-refractivity contribution is 0.474. The van der Waals surface area contributed by atoms with Crippen molar-refractivity contribution in [3.63, 3.8) is 0 Å². The van der Waals surface area contributed by atoms with Crippen LogP contribution in [0.4, 0.5) is 0 Å². The van der Waals surface area contributed by atoms with Crippen molar-refractivity contribution in [1.82, 2.24) is 0 Å². The highest BCUT2D eigenvalue weighted by Crippen LogP contribution is 2.50. The molecule has 0 amide bonds. The van der Waals surface area contributed by atoms with Gasteiger partial charge in [0.2, 0.25) is 0 Å². The van der Waals surface area contributed by atoms with Crippen LogP contribution in [0.3, 0.4) is 0 Å². The van der Waals surface area contributed by atoms with E-state index in [9.17, 15) is 0 Å². The maximum Gasteiger partial charge on any atom is 0.158 e. The summed E-state index contributed by atoms with van der Waals surface area (Å²) in [6, 6.07) is 3.77. The Morgan fingerprint density at radius 2 is 0.905 bits per heavy atom. The number of rotatable bonds is 2. The Morgan fingerprint density at radius 1 is 0.524 bits per heavy atom. The van der Waals surface area contributed by atoms with Gasteiger partial charge in [0.15, 0.2) is 5.75 Å². The second-order valence-corrected chi connectivity index (χ2v) is 10.2. The van der Waals surface area contributed by atoms with Gasteiger partial charge in [-0.15, -0.1) is 0 Å². The highest BCUT2D eigenvalue weighted by atomic mass is 79.9. The van der Waals surface area contributed by atoms with E-state index in [2.05, 4.69) is 127 Å². The summed E-state index contributed by atoms with van der Waals surface area (Å²) in [7, 11) is 0. The standard InChI is InChI=1S/C12H2Br8O/c13-4-1-3(2-5(14)6(4)15)21-12-10(19)8(17)7(16)9(18)11(12)20/h1-2H. The number of benzene rings is 2. The predicted octanol–water partition coefficient (Wildman–Crippen LogP) is 9.58. The Bertz CT molecular complexity index is 676. The molecule has 9 heteroatoms. The minimum Gasteiger partial charge on any atom is -0.455 e. The van der Waals surface area contributed by atoms with E-state index in [4.69, 9.17) is 4.74 Å². The van der Waals surface area contributed by atoms with Crippen LogP contribution in [0.15, 0.2) is 47.9 Å². The smallest absolute Gasteiger partial charge is 0.158 e. The van der Waals surface area contributed by atoms with Crippen LogP contribution >= 0.6 is 127 Å². The van der Waals surface area contributed by atoms with Crippen LogP contribution < -0.4 is 4.74 Å². The van der Waals surface area contributed by atoms with Crippen LogP contribution in [-0.4, -0.2) is 0 Å². The predicted molar refractivity (Wildman–Crippen MR) is 115 cm³/mol. The molecule has 0 saturated carbocycles. The Morgan fingerprint density at radius 3 is 1.33 bits per heavy atom. The molecule has 1 nitrogen and oxygen atoms in total. The molecule has 0 saturated heterocycles. The van der Waals surface area contributed by atoms with Gasteiger partial charge in [0.05, 0.1) is 17.9 Å². The second-order valence-electron chi connectivity index (χ2n) is 3.70. The van der Waals surface area contributed by atoms with E-state index in [1.165, 1.54) is 0 Å². The van der Waals surface area contributed by atoms with E-state index in [0.29, 0.717) is 11.5 Å². The quantitative estimate of drug-likeness (QED) is 0.217. The molecule has 0 fully saturated rings. The lowest BCUT2D eigenvalue weighted by atomic mass is 10.3. The van der Waals surface area contributed by atoms with Gasteiger partial charge < -0.3 is 4.74 Å². The van der Waals surface area contributed by atoms with E-state index < -0.39 is 0 Å². The zero-order valence-corrected chi connectivity index (χ0v) is 22.3. The van der Waals surface area contributed by atoms with Crippen molar-refractivity contribution in [3.05, 3.63) is 47.9 Å². The normalized spacial score (nSPS) is 10.9. The summed E-state index contributed by atoms with van der Waals surface area (Å²) in [5.74, 6) is 1.36. The molecule has 2 aromatic rings. The average molecular weight is 801 g/mol. The van der Waals surface area contributed by atoms with Crippen molar-refractivity contribution in [2.24, 2.45) is 0 Å². The molecule has 2 rings (SSSR count). The first-order valence-corrected chi connectivity index (χ1v) is 11.4. The van der Waals surface area contributed by atoms with Crippen molar-refractivity contribution in [3.8, 4) is 11.5 Å². The largest absolute Gasteiger partial charge is 0.455 e. The third-order valence-corrected chi connectivity index (χ3v) is 11.5. The highest BCUT2D eigenvalue weighted by Gasteiger charge is 2.20. The molecule has 0 spiro atoms. The van der Waals surface area contributed by atoms with Crippen LogP contribution in [0.25, 0.3) is 0 Å². The zero-order chi connectivity index (χ0) is 15.9. The number of hydrogen-bond donors (Lipinski definition) is 0. The molecule has 2 aromatic carbocycles. The van der Waals surface area contributed by atoms with Gasteiger partial charge in [-0.2, -0.15) is 0 Å². The first-order valence-electron chi connectivity index (χ1n) is 5.07. The van der Waals surface area contributed by atoms with Crippen molar-refractivity contribution in [1.29, 1.82) is 0 Å². The maximum atomic E-state index is 6.02. The molecule has 21 heavy (non-hydrogen) atoms. The van der Waals surface area contributed by atoms with Crippen molar-refractivity contribution in [2.75, 3.05) is 0 Å². The third-order valence-electron chi connectivity index (χ3n) is 2.35. The fourth-order valence-corrected chi connectivity index (χ4v) is 5.93. The summed E-state index contributed by atoms with van der Waals surface area (Å²) in [6.07, 6.45) is 0. The molecule has 0 heterocycles. The van der Waals surface area contributed by atoms with Crippen LogP contribution in [-0.2, 0) is 0 Å². The Labute approximate surface area is 189 Å². The Balaban J connectivity index is 2.55. The minimum absolute atomic E-state index is 0.665. The van der Waals surface area contributed by atoms with Gasteiger partial charge in [0.25, 0.3) is 0 Å². The molecular weight excluding hydrogens is 799 g/mol. The number of ether oxygens (including phenoxy) is 1. The van der Waals surface area contributed by atoms with E-state index >= 15 is 0 Å². The zero-order valence-electron chi connectivity index (χ0n) is 9.59. The van der Waals surface area contributed by atoms with Gasteiger partial charge in [-0.1, -0.05) is 0 Å². The summed E-state index contributed by atoms with van der Waals surface area (Å²) in [6.45, 7) is 0. The molecule has 112 valence electrons. The summed E-state index contributed by atoms with van der Waals surface area (Å²) < 4.78 is 13.0. The Kier molecular flexibility index (Phi) is 7.37. The fraction of sp³-hybridized carbons (Fsp3) is 0. The SMILES string of the molecule is Brc1cc(Oc2c(Br)c(Br)c(Br)c(Br)c2Br)cc(Br)c1Br. The first kappa shape index (κ1) is 19.4. The number of halogens is 8. The molecule has 0 radical (unpaired) electrons. The van der Waals surface area contributed by atoms with E-state index in [0.717, 1.165) is 35.8 Å². The molecule has 0 aromatic heterocycles. The first-order chi connectivity index (χ1) is 9.73. The highest BCUT2D eigenvalue weighted by molar-refractivity contribution is 9.16. The average Bonchev–Trinajstić information content (AvgIpc) is 2.45. The molecule has 0 aliphatic heterocycles. The van der Waals surface area contributed by atoms with E-state index in [1.807, 2.05) is 12.1 Å². The van der Waals surface area contributed by atoms with Crippen LogP contribution in [0.5, 0.6) is 11.5 Å². The lowest BCUT2D eigenvalue weighted by Gasteiger charge is -2.15. The molecule has 0 unspecified atom stereocenters. The maximum absolute atomic E-state index is 6.02. The molecular formula is C12H2Br8O. The van der Waals surface area contributed by atoms with Gasteiger partial charge in [0.1, 0.15) is 5.75 Å². The van der Waals surface area contributed by atoms with Crippen LogP contribution in [0.1, 0.15) is 0 Å². The van der Waals surface area contributed by atoms with Gasteiger partial charge in [-0.05, 0) is 140 Å². The third kappa shape index (κ3) is 4.19. The van der Waals surface area contributed by atoms with E-state index in [-0.39, 0.29) is 0 Å². The summed E-state index contributed by atoms with van der Waals surface area (Å²) in [5, 5.41) is 0. The van der Waals surface area contributed by atoms with Crippen molar-refractivity contribution < 1.29 is 4.74 Å². The molecule has 0 aliphatic carbocycles. The molecule has 0 N–H and O–H groups in total. The summed E-state index contributed by atoms with van der Waals surface area (Å²) >= 11 is 28.1. The topological polar surface area (TPSA) is 9.23 Å². The second kappa shape index (κ2) is 7.97. The Hall–Kier alpha value is 2.08. The van der Waals surface area contributed by atoms with Gasteiger partial charge in [-0.3, -0.25) is 0 Å². The lowest BCUT2D eigenvalue weighted by Crippen LogP contribution is -1.91. The van der Waals surface area contributed by atoms with Crippen molar-refractivity contribution in [2.45, 2.75) is 0 Å². The minimum atomic E-state index is 0.665. The van der Waals surface area contributed by atoms with Crippen molar-refractivity contribution >= 4 is 127 Å². The summed E-state index contributed by atoms with van der Waals surface area (Å²) in [4.78, 5) is 0. The summed E-state index contributed by atoms with van der Waals surface area (Å²) in [5.41, 5.74) is 0. The fourth-order valence-electron chi connectivity index (χ4n) is 1.38.